The van der Waals surface area contributed by atoms with Gasteiger partial charge in [0.25, 0.3) is 0 Å². The van der Waals surface area contributed by atoms with E-state index in [1.165, 1.54) is 6.26 Å². The summed E-state index contributed by atoms with van der Waals surface area (Å²) in [6.07, 6.45) is 4.20. The molecule has 72 valence electrons. The molecule has 0 aromatic heterocycles. The zero-order valence-electron chi connectivity index (χ0n) is 7.29. The number of nitrogens with two attached hydrogens (primary N) is 1. The van der Waals surface area contributed by atoms with Gasteiger partial charge >= 0.3 is 0 Å². The van der Waals surface area contributed by atoms with E-state index in [0.29, 0.717) is 12.5 Å². The zero-order chi connectivity index (χ0) is 9.19. The lowest BCUT2D eigenvalue weighted by Crippen LogP contribution is -2.28. The van der Waals surface area contributed by atoms with Gasteiger partial charge in [0, 0.05) is 12.6 Å². The molecule has 1 aliphatic rings. The maximum Gasteiger partial charge on any atom is 0.208 e. The third-order valence-electron chi connectivity index (χ3n) is 2.22. The predicted molar refractivity (Wildman–Crippen MR) is 48.2 cm³/mol. The quantitative estimate of drug-likeness (QED) is 0.642. The summed E-state index contributed by atoms with van der Waals surface area (Å²) in [6, 6.07) is 0.274. The highest BCUT2D eigenvalue weighted by Crippen LogP contribution is 2.23. The molecule has 2 unspecified atom stereocenters. The van der Waals surface area contributed by atoms with E-state index >= 15 is 0 Å². The van der Waals surface area contributed by atoms with E-state index in [9.17, 15) is 8.42 Å². The van der Waals surface area contributed by atoms with Crippen LogP contribution < -0.4 is 10.5 Å². The average molecular weight is 192 g/mol. The van der Waals surface area contributed by atoms with Gasteiger partial charge in [0.05, 0.1) is 6.26 Å². The Kier molecular flexibility index (Phi) is 3.09. The van der Waals surface area contributed by atoms with Crippen LogP contribution >= 0.6 is 0 Å². The van der Waals surface area contributed by atoms with E-state index in [4.69, 9.17) is 5.73 Å². The van der Waals surface area contributed by atoms with E-state index in [1.807, 2.05) is 0 Å². The first kappa shape index (κ1) is 9.95. The van der Waals surface area contributed by atoms with Crippen LogP contribution in [0.5, 0.6) is 0 Å². The van der Waals surface area contributed by atoms with E-state index in [1.54, 1.807) is 0 Å². The minimum atomic E-state index is -3.02. The SMILES string of the molecule is CS(=O)(=O)NCC1CCC(N)C1. The van der Waals surface area contributed by atoms with Crippen molar-refractivity contribution >= 4 is 10.0 Å². The van der Waals surface area contributed by atoms with Gasteiger partial charge in [0.15, 0.2) is 0 Å². The number of rotatable bonds is 3. The summed E-state index contributed by atoms with van der Waals surface area (Å²) in [5.41, 5.74) is 5.69. The molecule has 1 fully saturated rings. The second-order valence-electron chi connectivity index (χ2n) is 3.56. The van der Waals surface area contributed by atoms with Gasteiger partial charge in [-0.05, 0) is 25.2 Å². The molecule has 3 N–H and O–H groups in total. The molecule has 1 aliphatic carbocycles. The zero-order valence-corrected chi connectivity index (χ0v) is 8.10. The van der Waals surface area contributed by atoms with Crippen molar-refractivity contribution in [3.8, 4) is 0 Å². The molecule has 0 amide bonds. The highest BCUT2D eigenvalue weighted by Gasteiger charge is 2.21. The number of sulfonamides is 1. The van der Waals surface area contributed by atoms with Crippen molar-refractivity contribution in [1.82, 2.24) is 4.72 Å². The first-order valence-corrected chi connectivity index (χ1v) is 6.07. The molecule has 1 saturated carbocycles. The van der Waals surface area contributed by atoms with Crippen molar-refractivity contribution in [3.63, 3.8) is 0 Å². The summed E-state index contributed by atoms with van der Waals surface area (Å²) >= 11 is 0. The van der Waals surface area contributed by atoms with Crippen LogP contribution in [0, 0.1) is 5.92 Å². The minimum absolute atomic E-state index is 0.274. The Balaban J connectivity index is 2.25. The fraction of sp³-hybridized carbons (Fsp3) is 1.00. The van der Waals surface area contributed by atoms with Crippen LogP contribution in [-0.2, 0) is 10.0 Å². The molecule has 4 nitrogen and oxygen atoms in total. The third-order valence-corrected chi connectivity index (χ3v) is 2.91. The van der Waals surface area contributed by atoms with Gasteiger partial charge in [-0.1, -0.05) is 0 Å². The lowest BCUT2D eigenvalue weighted by Gasteiger charge is -2.08. The van der Waals surface area contributed by atoms with E-state index in [2.05, 4.69) is 4.72 Å². The molecular formula is C7H16N2O2S. The Hall–Kier alpha value is -0.130. The van der Waals surface area contributed by atoms with Crippen LogP contribution in [-0.4, -0.2) is 27.3 Å². The Labute approximate surface area is 73.6 Å². The fourth-order valence-electron chi connectivity index (χ4n) is 1.57. The monoisotopic (exact) mass is 192 g/mol. The van der Waals surface area contributed by atoms with Crippen LogP contribution in [0.2, 0.25) is 0 Å². The smallest absolute Gasteiger partial charge is 0.208 e. The van der Waals surface area contributed by atoms with Gasteiger partial charge in [0.2, 0.25) is 10.0 Å². The predicted octanol–water partition coefficient (Wildman–Crippen LogP) is -0.337. The first-order chi connectivity index (χ1) is 5.47. The second-order valence-corrected chi connectivity index (χ2v) is 5.39. The molecule has 0 radical (unpaired) electrons. The fourth-order valence-corrected chi connectivity index (χ4v) is 2.11. The summed E-state index contributed by atoms with van der Waals surface area (Å²) in [6.45, 7) is 0.548. The van der Waals surface area contributed by atoms with Gasteiger partial charge in [-0.3, -0.25) is 0 Å². The maximum atomic E-state index is 10.7. The first-order valence-electron chi connectivity index (χ1n) is 4.17. The van der Waals surface area contributed by atoms with Gasteiger partial charge in [-0.25, -0.2) is 13.1 Å². The van der Waals surface area contributed by atoms with Crippen molar-refractivity contribution in [2.75, 3.05) is 12.8 Å². The molecule has 2 atom stereocenters. The third kappa shape index (κ3) is 3.51. The average Bonchev–Trinajstić information content (AvgIpc) is 2.30. The minimum Gasteiger partial charge on any atom is -0.328 e. The summed E-state index contributed by atoms with van der Waals surface area (Å²) in [7, 11) is -3.02. The van der Waals surface area contributed by atoms with E-state index in [0.717, 1.165) is 19.3 Å². The molecule has 12 heavy (non-hydrogen) atoms. The van der Waals surface area contributed by atoms with Crippen LogP contribution in [0.25, 0.3) is 0 Å². The van der Waals surface area contributed by atoms with Crippen molar-refractivity contribution in [2.45, 2.75) is 25.3 Å². The Morgan fingerprint density at radius 1 is 1.50 bits per heavy atom. The van der Waals surface area contributed by atoms with E-state index in [-0.39, 0.29) is 6.04 Å². The summed E-state index contributed by atoms with van der Waals surface area (Å²) in [5.74, 6) is 0.440. The summed E-state index contributed by atoms with van der Waals surface area (Å²) < 4.78 is 24.0. The molecule has 0 saturated heterocycles. The molecule has 0 aliphatic heterocycles. The Morgan fingerprint density at radius 2 is 2.17 bits per heavy atom. The Bertz CT molecular complexity index is 238. The van der Waals surface area contributed by atoms with Gasteiger partial charge in [-0.2, -0.15) is 0 Å². The molecule has 0 bridgehead atoms. The topological polar surface area (TPSA) is 72.2 Å². The van der Waals surface area contributed by atoms with Crippen LogP contribution in [0.1, 0.15) is 19.3 Å². The molecule has 0 aromatic rings. The van der Waals surface area contributed by atoms with Crippen molar-refractivity contribution < 1.29 is 8.42 Å². The molecule has 0 spiro atoms. The van der Waals surface area contributed by atoms with Gasteiger partial charge in [0.1, 0.15) is 0 Å². The largest absolute Gasteiger partial charge is 0.328 e. The van der Waals surface area contributed by atoms with Crippen LogP contribution in [0.4, 0.5) is 0 Å². The van der Waals surface area contributed by atoms with Crippen molar-refractivity contribution in [3.05, 3.63) is 0 Å². The van der Waals surface area contributed by atoms with Gasteiger partial charge < -0.3 is 5.73 Å². The lowest BCUT2D eigenvalue weighted by atomic mass is 10.1. The molecule has 0 heterocycles. The summed E-state index contributed by atoms with van der Waals surface area (Å²) in [4.78, 5) is 0. The van der Waals surface area contributed by atoms with Gasteiger partial charge in [-0.15, -0.1) is 0 Å². The molecule has 1 rings (SSSR count). The normalized spacial score (nSPS) is 30.8. The molecule has 5 heteroatoms. The number of nitrogens with one attached hydrogen (secondary N) is 1. The highest BCUT2D eigenvalue weighted by molar-refractivity contribution is 7.88. The number of hydrogen-bond acceptors (Lipinski definition) is 3. The van der Waals surface area contributed by atoms with Crippen LogP contribution in [0.15, 0.2) is 0 Å². The van der Waals surface area contributed by atoms with E-state index < -0.39 is 10.0 Å². The Morgan fingerprint density at radius 3 is 2.58 bits per heavy atom. The maximum absolute atomic E-state index is 10.7. The van der Waals surface area contributed by atoms with Crippen LogP contribution in [0.3, 0.4) is 0 Å². The molecule has 0 aromatic carbocycles. The highest BCUT2D eigenvalue weighted by atomic mass is 32.2. The lowest BCUT2D eigenvalue weighted by molar-refractivity contribution is 0.515. The summed E-state index contributed by atoms with van der Waals surface area (Å²) in [5, 5.41) is 0. The standard InChI is InChI=1S/C7H16N2O2S/c1-12(10,11)9-5-6-2-3-7(8)4-6/h6-7,9H,2-5,8H2,1H3. The molecular weight excluding hydrogens is 176 g/mol. The number of hydrogen-bond donors (Lipinski definition) is 2. The second kappa shape index (κ2) is 3.72. The van der Waals surface area contributed by atoms with Crippen molar-refractivity contribution in [1.29, 1.82) is 0 Å². The van der Waals surface area contributed by atoms with Crippen molar-refractivity contribution in [2.24, 2.45) is 11.7 Å².